The maximum atomic E-state index is 11.3. The van der Waals surface area contributed by atoms with Crippen LogP contribution in [0.5, 0.6) is 11.5 Å². The Kier molecular flexibility index (Phi) is 9.31. The number of hydrogen-bond donors (Lipinski definition) is 3. The van der Waals surface area contributed by atoms with Gasteiger partial charge in [-0.05, 0) is 56.7 Å². The van der Waals surface area contributed by atoms with E-state index in [0.29, 0.717) is 37.9 Å². The Morgan fingerprint density at radius 2 is 1.92 bits per heavy atom. The number of carbonyl (C=O) groups is 1. The Hall–Kier alpha value is -1.79. The van der Waals surface area contributed by atoms with Crippen LogP contribution in [0, 0.1) is 0 Å². The molecular weight excluding hydrogens is 324 g/mol. The lowest BCUT2D eigenvalue weighted by molar-refractivity contribution is -0.148. The predicted octanol–water partition coefficient (Wildman–Crippen LogP) is 2.57. The summed E-state index contributed by atoms with van der Waals surface area (Å²) < 4.78 is 10.4. The first-order valence-electron chi connectivity index (χ1n) is 8.71. The van der Waals surface area contributed by atoms with E-state index in [1.807, 2.05) is 0 Å². The molecule has 0 amide bonds. The van der Waals surface area contributed by atoms with Crippen LogP contribution in [0.4, 0.5) is 0 Å². The average Bonchev–Trinajstić information content (AvgIpc) is 2.52. The molecule has 25 heavy (non-hydrogen) atoms. The van der Waals surface area contributed by atoms with Crippen LogP contribution in [0.1, 0.15) is 51.5 Å². The summed E-state index contributed by atoms with van der Waals surface area (Å²) in [6, 6.07) is 5.11. The summed E-state index contributed by atoms with van der Waals surface area (Å²) in [5, 5.41) is 29.0. The molecule has 1 aromatic carbocycles. The van der Waals surface area contributed by atoms with Crippen molar-refractivity contribution in [2.45, 2.75) is 70.7 Å². The summed E-state index contributed by atoms with van der Waals surface area (Å²) in [6.45, 7) is 3.08. The van der Waals surface area contributed by atoms with Gasteiger partial charge in [-0.25, -0.2) is 0 Å². The van der Waals surface area contributed by atoms with Gasteiger partial charge in [-0.15, -0.1) is 0 Å². The third-order valence-electron chi connectivity index (χ3n) is 4.03. The first kappa shape index (κ1) is 21.3. The van der Waals surface area contributed by atoms with E-state index in [9.17, 15) is 20.1 Å². The van der Waals surface area contributed by atoms with Crippen LogP contribution in [0.25, 0.3) is 0 Å². The number of aliphatic hydroxyl groups is 2. The van der Waals surface area contributed by atoms with E-state index in [4.69, 9.17) is 9.47 Å². The highest BCUT2D eigenvalue weighted by Gasteiger charge is 2.18. The van der Waals surface area contributed by atoms with E-state index >= 15 is 0 Å². The molecule has 0 spiro atoms. The number of esters is 1. The molecule has 142 valence electrons. The Balaban J connectivity index is 2.56. The topological polar surface area (TPSA) is 96.2 Å². The van der Waals surface area contributed by atoms with Crippen molar-refractivity contribution in [2.24, 2.45) is 0 Å². The lowest BCUT2D eigenvalue weighted by atomic mass is 9.99. The summed E-state index contributed by atoms with van der Waals surface area (Å²) in [4.78, 5) is 11.3. The smallest absolute Gasteiger partial charge is 0.302 e. The monoisotopic (exact) mass is 354 g/mol. The number of aromatic hydroxyl groups is 1. The lowest BCUT2D eigenvalue weighted by Crippen LogP contribution is -2.24. The van der Waals surface area contributed by atoms with Crippen LogP contribution in [-0.4, -0.2) is 46.7 Å². The molecular formula is C19H30O6. The van der Waals surface area contributed by atoms with Crippen LogP contribution < -0.4 is 4.74 Å². The highest BCUT2D eigenvalue weighted by molar-refractivity contribution is 5.66. The molecule has 0 aliphatic heterocycles. The number of hydrogen-bond acceptors (Lipinski definition) is 6. The summed E-state index contributed by atoms with van der Waals surface area (Å²) in [5.74, 6) is 0.112. The second kappa shape index (κ2) is 10.9. The van der Waals surface area contributed by atoms with Gasteiger partial charge in [-0.1, -0.05) is 6.07 Å². The number of phenolic OH excluding ortho intramolecular Hbond substituents is 1. The Morgan fingerprint density at radius 1 is 1.20 bits per heavy atom. The van der Waals surface area contributed by atoms with Gasteiger partial charge < -0.3 is 24.8 Å². The largest absolute Gasteiger partial charge is 0.504 e. The van der Waals surface area contributed by atoms with Crippen molar-refractivity contribution < 1.29 is 29.6 Å². The molecule has 1 rings (SSSR count). The number of aryl methyl sites for hydroxylation is 1. The van der Waals surface area contributed by atoms with Crippen molar-refractivity contribution in [1.82, 2.24) is 0 Å². The number of methoxy groups -OCH3 is 1. The van der Waals surface area contributed by atoms with Crippen LogP contribution in [0.3, 0.4) is 0 Å². The molecule has 3 atom stereocenters. The minimum Gasteiger partial charge on any atom is -0.504 e. The third-order valence-corrected chi connectivity index (χ3v) is 4.03. The highest BCUT2D eigenvalue weighted by atomic mass is 16.5. The van der Waals surface area contributed by atoms with Gasteiger partial charge in [-0.3, -0.25) is 4.79 Å². The summed E-state index contributed by atoms with van der Waals surface area (Å²) in [7, 11) is 1.49. The normalized spacial score (nSPS) is 14.6. The minimum atomic E-state index is -0.572. The van der Waals surface area contributed by atoms with E-state index < -0.39 is 6.10 Å². The fraction of sp³-hybridized carbons (Fsp3) is 0.632. The van der Waals surface area contributed by atoms with E-state index in [2.05, 4.69) is 0 Å². The molecule has 6 nitrogen and oxygen atoms in total. The van der Waals surface area contributed by atoms with Crippen molar-refractivity contribution in [3.05, 3.63) is 23.8 Å². The fourth-order valence-corrected chi connectivity index (χ4v) is 2.73. The summed E-state index contributed by atoms with van der Waals surface area (Å²) in [6.07, 6.45) is 2.18. The van der Waals surface area contributed by atoms with Crippen LogP contribution in [0.2, 0.25) is 0 Å². The quantitative estimate of drug-likeness (QED) is 0.529. The zero-order chi connectivity index (χ0) is 18.8. The van der Waals surface area contributed by atoms with Crippen molar-refractivity contribution in [3.8, 4) is 11.5 Å². The molecule has 0 aromatic heterocycles. The zero-order valence-electron chi connectivity index (χ0n) is 15.3. The van der Waals surface area contributed by atoms with Crippen molar-refractivity contribution >= 4 is 5.97 Å². The van der Waals surface area contributed by atoms with Crippen molar-refractivity contribution in [1.29, 1.82) is 0 Å². The van der Waals surface area contributed by atoms with Gasteiger partial charge in [0.25, 0.3) is 0 Å². The van der Waals surface area contributed by atoms with Crippen LogP contribution in [-0.2, 0) is 16.0 Å². The molecule has 0 aliphatic rings. The van der Waals surface area contributed by atoms with Gasteiger partial charge in [-0.2, -0.15) is 0 Å². The first-order valence-corrected chi connectivity index (χ1v) is 8.71. The number of ether oxygens (including phenoxy) is 2. The molecule has 0 fully saturated rings. The molecule has 0 saturated heterocycles. The zero-order valence-corrected chi connectivity index (χ0v) is 15.3. The van der Waals surface area contributed by atoms with Crippen LogP contribution >= 0.6 is 0 Å². The van der Waals surface area contributed by atoms with Gasteiger partial charge in [0, 0.05) is 13.3 Å². The molecule has 6 heteroatoms. The second-order valence-corrected chi connectivity index (χ2v) is 6.45. The number of benzene rings is 1. The molecule has 0 heterocycles. The average molecular weight is 354 g/mol. The number of carbonyl (C=O) groups excluding carboxylic acids is 1. The molecule has 0 aliphatic carbocycles. The minimum absolute atomic E-state index is 0.0799. The number of phenols is 1. The molecule has 0 saturated carbocycles. The van der Waals surface area contributed by atoms with Crippen molar-refractivity contribution in [3.63, 3.8) is 0 Å². The third kappa shape index (κ3) is 8.74. The highest BCUT2D eigenvalue weighted by Crippen LogP contribution is 2.27. The summed E-state index contributed by atoms with van der Waals surface area (Å²) in [5.41, 5.74) is 0.954. The second-order valence-electron chi connectivity index (χ2n) is 6.45. The van der Waals surface area contributed by atoms with Crippen LogP contribution in [0.15, 0.2) is 18.2 Å². The molecule has 1 aromatic rings. The Labute approximate surface area is 149 Å². The summed E-state index contributed by atoms with van der Waals surface area (Å²) >= 11 is 0. The van der Waals surface area contributed by atoms with Gasteiger partial charge in [0.2, 0.25) is 0 Å². The lowest BCUT2D eigenvalue weighted by Gasteiger charge is -2.20. The Bertz CT molecular complexity index is 529. The maximum Gasteiger partial charge on any atom is 0.302 e. The van der Waals surface area contributed by atoms with Gasteiger partial charge in [0.15, 0.2) is 11.5 Å². The SMILES string of the molecule is COc1cc(CC[C@H](C[C@@H](O)CCC[C@H](C)O)OC(C)=O)ccc1O. The van der Waals surface area contributed by atoms with E-state index in [1.54, 1.807) is 25.1 Å². The van der Waals surface area contributed by atoms with Gasteiger partial charge in [0.1, 0.15) is 6.10 Å². The van der Waals surface area contributed by atoms with E-state index in [-0.39, 0.29) is 23.9 Å². The maximum absolute atomic E-state index is 11.3. The molecule has 0 radical (unpaired) electrons. The van der Waals surface area contributed by atoms with Gasteiger partial charge >= 0.3 is 5.97 Å². The number of aliphatic hydroxyl groups excluding tert-OH is 2. The molecule has 0 unspecified atom stereocenters. The molecule has 0 bridgehead atoms. The van der Waals surface area contributed by atoms with E-state index in [1.165, 1.54) is 14.0 Å². The van der Waals surface area contributed by atoms with Crippen molar-refractivity contribution in [2.75, 3.05) is 7.11 Å². The predicted molar refractivity (Wildman–Crippen MR) is 94.7 cm³/mol. The fourth-order valence-electron chi connectivity index (χ4n) is 2.73. The first-order chi connectivity index (χ1) is 11.8. The Morgan fingerprint density at radius 3 is 2.52 bits per heavy atom. The standard InChI is InChI=1S/C19H30O6/c1-13(20)5-4-6-16(22)12-17(25-14(2)21)9-7-15-8-10-18(23)19(11-15)24-3/h8,10-11,13,16-17,20,22-23H,4-7,9,12H2,1-3H3/t13-,16-,17+/m0/s1. The van der Waals surface area contributed by atoms with Gasteiger partial charge in [0.05, 0.1) is 19.3 Å². The number of rotatable bonds is 11. The molecule has 3 N–H and O–H groups in total. The van der Waals surface area contributed by atoms with E-state index in [0.717, 1.165) is 12.0 Å².